The Morgan fingerprint density at radius 2 is 1.90 bits per heavy atom. The van der Waals surface area contributed by atoms with Gasteiger partial charge in [0.05, 0.1) is 22.5 Å². The van der Waals surface area contributed by atoms with Crippen molar-refractivity contribution in [1.82, 2.24) is 5.32 Å². The number of nitro groups is 2. The SMILES string of the molecule is CC(C)[C@@H](CO)NCc1ccc([N+](=O)[O-])cc1[N+](=O)[O-]. The average Bonchev–Trinajstić information content (AvgIpc) is 2.38. The van der Waals surface area contributed by atoms with E-state index in [4.69, 9.17) is 0 Å². The van der Waals surface area contributed by atoms with Gasteiger partial charge in [0.1, 0.15) is 0 Å². The van der Waals surface area contributed by atoms with E-state index in [1.807, 2.05) is 13.8 Å². The van der Waals surface area contributed by atoms with Crippen LogP contribution in [0, 0.1) is 26.1 Å². The van der Waals surface area contributed by atoms with Crippen LogP contribution in [-0.4, -0.2) is 27.6 Å². The molecule has 2 N–H and O–H groups in total. The van der Waals surface area contributed by atoms with Gasteiger partial charge in [-0.3, -0.25) is 20.2 Å². The minimum absolute atomic E-state index is 0.0849. The van der Waals surface area contributed by atoms with Gasteiger partial charge in [-0.1, -0.05) is 13.8 Å². The Balaban J connectivity index is 2.94. The van der Waals surface area contributed by atoms with Gasteiger partial charge in [0.25, 0.3) is 11.4 Å². The van der Waals surface area contributed by atoms with Gasteiger partial charge in [-0.15, -0.1) is 0 Å². The van der Waals surface area contributed by atoms with Crippen molar-refractivity contribution in [3.63, 3.8) is 0 Å². The smallest absolute Gasteiger partial charge is 0.280 e. The van der Waals surface area contributed by atoms with Crippen LogP contribution in [0.3, 0.4) is 0 Å². The predicted molar refractivity (Wildman–Crippen MR) is 72.3 cm³/mol. The number of rotatable bonds is 7. The largest absolute Gasteiger partial charge is 0.395 e. The molecular formula is C12H17N3O5. The number of nitrogens with one attached hydrogen (secondary N) is 1. The number of aliphatic hydroxyl groups is 1. The Bertz CT molecular complexity index is 504. The summed E-state index contributed by atoms with van der Waals surface area (Å²) in [6.45, 7) is 3.91. The molecule has 0 bridgehead atoms. The fourth-order valence-electron chi connectivity index (χ4n) is 1.74. The van der Waals surface area contributed by atoms with Crippen molar-refractivity contribution < 1.29 is 15.0 Å². The second kappa shape index (κ2) is 6.92. The number of benzene rings is 1. The molecule has 0 aliphatic carbocycles. The third-order valence-corrected chi connectivity index (χ3v) is 3.03. The van der Waals surface area contributed by atoms with E-state index < -0.39 is 9.85 Å². The Kier molecular flexibility index (Phi) is 5.53. The van der Waals surface area contributed by atoms with E-state index in [0.29, 0.717) is 5.56 Å². The van der Waals surface area contributed by atoms with Crippen LogP contribution in [0.2, 0.25) is 0 Å². The number of non-ortho nitro benzene ring substituents is 1. The summed E-state index contributed by atoms with van der Waals surface area (Å²) >= 11 is 0. The Labute approximate surface area is 115 Å². The average molecular weight is 283 g/mol. The van der Waals surface area contributed by atoms with Gasteiger partial charge in [0.15, 0.2) is 0 Å². The highest BCUT2D eigenvalue weighted by molar-refractivity contribution is 5.49. The molecular weight excluding hydrogens is 266 g/mol. The third-order valence-electron chi connectivity index (χ3n) is 3.03. The number of hydrogen-bond acceptors (Lipinski definition) is 6. The van der Waals surface area contributed by atoms with E-state index in [2.05, 4.69) is 5.32 Å². The Hall–Kier alpha value is -2.06. The zero-order chi connectivity index (χ0) is 15.3. The summed E-state index contributed by atoms with van der Waals surface area (Å²) in [4.78, 5) is 20.3. The quantitative estimate of drug-likeness (QED) is 0.579. The summed E-state index contributed by atoms with van der Waals surface area (Å²) in [5.41, 5.74) is -0.269. The van der Waals surface area contributed by atoms with Crippen LogP contribution in [0.5, 0.6) is 0 Å². The topological polar surface area (TPSA) is 119 Å². The molecule has 0 saturated heterocycles. The van der Waals surface area contributed by atoms with E-state index in [1.165, 1.54) is 12.1 Å². The number of hydrogen-bond donors (Lipinski definition) is 2. The van der Waals surface area contributed by atoms with Crippen molar-refractivity contribution in [1.29, 1.82) is 0 Å². The molecule has 0 aliphatic heterocycles. The number of nitrogens with zero attached hydrogens (tertiary/aromatic N) is 2. The molecule has 1 rings (SSSR count). The fourth-order valence-corrected chi connectivity index (χ4v) is 1.74. The maximum Gasteiger partial charge on any atom is 0.280 e. The summed E-state index contributed by atoms with van der Waals surface area (Å²) < 4.78 is 0. The van der Waals surface area contributed by atoms with Crippen molar-refractivity contribution in [2.24, 2.45) is 5.92 Å². The molecule has 0 spiro atoms. The summed E-state index contributed by atoms with van der Waals surface area (Å²) in [5, 5.41) is 33.8. The third kappa shape index (κ3) is 3.97. The highest BCUT2D eigenvalue weighted by Gasteiger charge is 2.20. The van der Waals surface area contributed by atoms with Gasteiger partial charge in [0, 0.05) is 24.2 Å². The van der Waals surface area contributed by atoms with Crippen LogP contribution in [0.15, 0.2) is 18.2 Å². The van der Waals surface area contributed by atoms with Crippen LogP contribution < -0.4 is 5.32 Å². The lowest BCUT2D eigenvalue weighted by Gasteiger charge is -2.19. The van der Waals surface area contributed by atoms with Crippen LogP contribution in [-0.2, 0) is 6.54 Å². The first kappa shape index (κ1) is 16.0. The lowest BCUT2D eigenvalue weighted by Crippen LogP contribution is -2.36. The molecule has 0 aromatic heterocycles. The maximum atomic E-state index is 11.0. The molecule has 0 heterocycles. The van der Waals surface area contributed by atoms with Crippen molar-refractivity contribution in [2.75, 3.05) is 6.61 Å². The molecule has 1 aromatic rings. The zero-order valence-corrected chi connectivity index (χ0v) is 11.3. The molecule has 20 heavy (non-hydrogen) atoms. The fraction of sp³-hybridized carbons (Fsp3) is 0.500. The minimum atomic E-state index is -0.672. The summed E-state index contributed by atoms with van der Waals surface area (Å²) in [6, 6.07) is 3.34. The van der Waals surface area contributed by atoms with Crippen LogP contribution >= 0.6 is 0 Å². The van der Waals surface area contributed by atoms with Gasteiger partial charge >= 0.3 is 0 Å². The molecule has 0 aliphatic rings. The Morgan fingerprint density at radius 3 is 2.35 bits per heavy atom. The van der Waals surface area contributed by atoms with E-state index in [0.717, 1.165) is 6.07 Å². The van der Waals surface area contributed by atoms with Crippen molar-refractivity contribution in [2.45, 2.75) is 26.4 Å². The van der Waals surface area contributed by atoms with E-state index in [9.17, 15) is 25.3 Å². The highest BCUT2D eigenvalue weighted by atomic mass is 16.6. The number of aliphatic hydroxyl groups excluding tert-OH is 1. The van der Waals surface area contributed by atoms with Gasteiger partial charge in [-0.05, 0) is 12.0 Å². The summed E-state index contributed by atoms with van der Waals surface area (Å²) in [7, 11) is 0. The van der Waals surface area contributed by atoms with Gasteiger partial charge in [-0.2, -0.15) is 0 Å². The van der Waals surface area contributed by atoms with Crippen LogP contribution in [0.25, 0.3) is 0 Å². The molecule has 1 aromatic carbocycles. The summed E-state index contributed by atoms with van der Waals surface area (Å²) in [5.74, 6) is 0.164. The van der Waals surface area contributed by atoms with Crippen molar-refractivity contribution in [3.05, 3.63) is 44.0 Å². The van der Waals surface area contributed by atoms with Gasteiger partial charge in [0.2, 0.25) is 0 Å². The first-order chi connectivity index (χ1) is 9.36. The first-order valence-corrected chi connectivity index (χ1v) is 6.12. The molecule has 110 valence electrons. The zero-order valence-electron chi connectivity index (χ0n) is 11.3. The van der Waals surface area contributed by atoms with E-state index >= 15 is 0 Å². The van der Waals surface area contributed by atoms with E-state index in [-0.39, 0.29) is 36.5 Å². The van der Waals surface area contributed by atoms with Crippen molar-refractivity contribution in [3.8, 4) is 0 Å². The molecule has 0 unspecified atom stereocenters. The molecule has 0 saturated carbocycles. The number of nitro benzene ring substituents is 2. The summed E-state index contributed by atoms with van der Waals surface area (Å²) in [6.07, 6.45) is 0. The molecule has 8 heteroatoms. The molecule has 1 atom stereocenters. The second-order valence-electron chi connectivity index (χ2n) is 4.74. The maximum absolute atomic E-state index is 11.0. The highest BCUT2D eigenvalue weighted by Crippen LogP contribution is 2.24. The molecule has 8 nitrogen and oxygen atoms in total. The van der Waals surface area contributed by atoms with Gasteiger partial charge in [-0.25, -0.2) is 0 Å². The van der Waals surface area contributed by atoms with Gasteiger partial charge < -0.3 is 10.4 Å². The Morgan fingerprint density at radius 1 is 1.25 bits per heavy atom. The lowest BCUT2D eigenvalue weighted by molar-refractivity contribution is -0.394. The predicted octanol–water partition coefficient (Wildman–Crippen LogP) is 1.61. The molecule has 0 fully saturated rings. The monoisotopic (exact) mass is 283 g/mol. The van der Waals surface area contributed by atoms with E-state index in [1.54, 1.807) is 0 Å². The molecule has 0 amide bonds. The van der Waals surface area contributed by atoms with Crippen LogP contribution in [0.1, 0.15) is 19.4 Å². The minimum Gasteiger partial charge on any atom is -0.395 e. The standard InChI is InChI=1S/C12H17N3O5/c1-8(2)11(7-16)13-6-9-3-4-10(14(17)18)5-12(9)15(19)20/h3-5,8,11,13,16H,6-7H2,1-2H3/t11-/m1/s1. The van der Waals surface area contributed by atoms with Crippen LogP contribution in [0.4, 0.5) is 11.4 Å². The second-order valence-corrected chi connectivity index (χ2v) is 4.74. The first-order valence-electron chi connectivity index (χ1n) is 6.12. The lowest BCUT2D eigenvalue weighted by atomic mass is 10.0. The molecule has 0 radical (unpaired) electrons. The normalized spacial score (nSPS) is 12.4. The van der Waals surface area contributed by atoms with Crippen molar-refractivity contribution >= 4 is 11.4 Å².